The highest BCUT2D eigenvalue weighted by Crippen LogP contribution is 2.02. The summed E-state index contributed by atoms with van der Waals surface area (Å²) in [5.41, 5.74) is 10.7. The molecule has 0 heterocycles. The molecule has 0 aromatic heterocycles. The van der Waals surface area contributed by atoms with Crippen LogP contribution in [0.2, 0.25) is 0 Å². The van der Waals surface area contributed by atoms with Crippen molar-refractivity contribution in [2.24, 2.45) is 16.5 Å². The van der Waals surface area contributed by atoms with Crippen LogP contribution in [-0.4, -0.2) is 29.5 Å². The van der Waals surface area contributed by atoms with Gasteiger partial charge in [-0.05, 0) is 19.8 Å². The van der Waals surface area contributed by atoms with Crippen molar-refractivity contribution in [1.29, 1.82) is 0 Å². The molecule has 0 unspecified atom stereocenters. The minimum absolute atomic E-state index is 0.528. The van der Waals surface area contributed by atoms with Gasteiger partial charge in [0.05, 0.1) is 5.84 Å². The van der Waals surface area contributed by atoms with Crippen molar-refractivity contribution in [1.82, 2.24) is 0 Å². The monoisotopic (exact) mass is 201 g/mol. The summed E-state index contributed by atoms with van der Waals surface area (Å²) in [6.07, 6.45) is 3.23. The minimum atomic E-state index is -0.930. The summed E-state index contributed by atoms with van der Waals surface area (Å²) < 4.78 is 0. The van der Waals surface area contributed by atoms with Gasteiger partial charge < -0.3 is 16.6 Å². The van der Waals surface area contributed by atoms with Crippen LogP contribution < -0.4 is 11.5 Å². The van der Waals surface area contributed by atoms with Gasteiger partial charge in [0.25, 0.3) is 0 Å². The number of amidine groups is 1. The number of aliphatic carboxylic acids is 1. The molecule has 0 spiro atoms. The SMILES string of the molecule is CC(N)=NCCCCC[C@H](N)C(=O)O. The summed E-state index contributed by atoms with van der Waals surface area (Å²) in [5, 5.41) is 8.49. The maximum Gasteiger partial charge on any atom is 0.320 e. The van der Waals surface area contributed by atoms with Gasteiger partial charge in [0.1, 0.15) is 6.04 Å². The lowest BCUT2D eigenvalue weighted by Gasteiger charge is -2.04. The molecule has 5 nitrogen and oxygen atoms in total. The normalized spacial score (nSPS) is 14.0. The third kappa shape index (κ3) is 7.54. The topological polar surface area (TPSA) is 102 Å². The number of nitrogens with two attached hydrogens (primary N) is 2. The third-order valence-corrected chi connectivity index (χ3v) is 1.85. The van der Waals surface area contributed by atoms with Crippen LogP contribution in [0.4, 0.5) is 0 Å². The summed E-state index contributed by atoms with van der Waals surface area (Å²) in [6, 6.07) is -0.727. The van der Waals surface area contributed by atoms with Gasteiger partial charge in [-0.1, -0.05) is 12.8 Å². The molecule has 0 aromatic carbocycles. The average Bonchev–Trinajstić information content (AvgIpc) is 2.09. The fourth-order valence-corrected chi connectivity index (χ4v) is 1.03. The first-order valence-electron chi connectivity index (χ1n) is 4.79. The molecule has 1 atom stereocenters. The summed E-state index contributed by atoms with van der Waals surface area (Å²) in [4.78, 5) is 14.4. The van der Waals surface area contributed by atoms with Gasteiger partial charge >= 0.3 is 5.97 Å². The first-order valence-corrected chi connectivity index (χ1v) is 4.79. The second-order valence-corrected chi connectivity index (χ2v) is 3.32. The van der Waals surface area contributed by atoms with Gasteiger partial charge in [-0.2, -0.15) is 0 Å². The van der Waals surface area contributed by atoms with Gasteiger partial charge in [0, 0.05) is 6.54 Å². The van der Waals surface area contributed by atoms with E-state index in [1.54, 1.807) is 6.92 Å². The first-order chi connectivity index (χ1) is 6.54. The molecule has 0 fully saturated rings. The maximum atomic E-state index is 10.3. The van der Waals surface area contributed by atoms with Crippen LogP contribution in [-0.2, 0) is 4.79 Å². The quantitative estimate of drug-likeness (QED) is 0.314. The Labute approximate surface area is 84.2 Å². The Morgan fingerprint density at radius 2 is 2.07 bits per heavy atom. The number of carboxylic acids is 1. The minimum Gasteiger partial charge on any atom is -0.480 e. The van der Waals surface area contributed by atoms with Gasteiger partial charge in [0.2, 0.25) is 0 Å². The van der Waals surface area contributed by atoms with E-state index in [4.69, 9.17) is 16.6 Å². The summed E-state index contributed by atoms with van der Waals surface area (Å²) >= 11 is 0. The summed E-state index contributed by atoms with van der Waals surface area (Å²) in [6.45, 7) is 2.46. The number of hydrogen-bond donors (Lipinski definition) is 3. The number of carbonyl (C=O) groups is 1. The average molecular weight is 201 g/mol. The van der Waals surface area contributed by atoms with Crippen molar-refractivity contribution < 1.29 is 9.90 Å². The molecule has 0 amide bonds. The number of aliphatic imine (C=N–C) groups is 1. The van der Waals surface area contributed by atoms with Crippen molar-refractivity contribution >= 4 is 11.8 Å². The van der Waals surface area contributed by atoms with Crippen LogP contribution in [0.1, 0.15) is 32.6 Å². The molecule has 0 aliphatic carbocycles. The second-order valence-electron chi connectivity index (χ2n) is 3.32. The van der Waals surface area contributed by atoms with Gasteiger partial charge in [-0.25, -0.2) is 0 Å². The predicted octanol–water partition coefficient (Wildman–Crippen LogP) is 0.336. The number of carboxylic acid groups (broad SMARTS) is 1. The predicted molar refractivity (Wildman–Crippen MR) is 56.2 cm³/mol. The molecular weight excluding hydrogens is 182 g/mol. The van der Waals surface area contributed by atoms with Crippen LogP contribution in [0, 0.1) is 0 Å². The summed E-state index contributed by atoms with van der Waals surface area (Å²) in [5.74, 6) is -0.340. The lowest BCUT2D eigenvalue weighted by Crippen LogP contribution is -2.29. The molecule has 5 N–H and O–H groups in total. The molecule has 5 heteroatoms. The second kappa shape index (κ2) is 7.32. The molecule has 0 saturated carbocycles. The zero-order valence-electron chi connectivity index (χ0n) is 8.57. The number of unbranched alkanes of at least 4 members (excludes halogenated alkanes) is 2. The molecule has 0 rings (SSSR count). The van der Waals surface area contributed by atoms with E-state index in [1.165, 1.54) is 0 Å². The fourth-order valence-electron chi connectivity index (χ4n) is 1.03. The molecular formula is C9H19N3O2. The van der Waals surface area contributed by atoms with E-state index in [9.17, 15) is 4.79 Å². The Hall–Kier alpha value is -1.10. The Bertz CT molecular complexity index is 200. The van der Waals surface area contributed by atoms with E-state index in [2.05, 4.69) is 4.99 Å². The Morgan fingerprint density at radius 1 is 1.43 bits per heavy atom. The molecule has 0 aliphatic rings. The van der Waals surface area contributed by atoms with Gasteiger partial charge in [-0.3, -0.25) is 9.79 Å². The van der Waals surface area contributed by atoms with Crippen LogP contribution >= 0.6 is 0 Å². The van der Waals surface area contributed by atoms with Crippen molar-refractivity contribution in [3.05, 3.63) is 0 Å². The van der Waals surface area contributed by atoms with E-state index in [1.807, 2.05) is 0 Å². The fraction of sp³-hybridized carbons (Fsp3) is 0.778. The molecule has 0 saturated heterocycles. The molecule has 0 aromatic rings. The number of rotatable bonds is 7. The van der Waals surface area contributed by atoms with E-state index in [0.717, 1.165) is 19.3 Å². The van der Waals surface area contributed by atoms with Crippen LogP contribution in [0.15, 0.2) is 4.99 Å². The maximum absolute atomic E-state index is 10.3. The lowest BCUT2D eigenvalue weighted by molar-refractivity contribution is -0.138. The molecule has 82 valence electrons. The van der Waals surface area contributed by atoms with E-state index < -0.39 is 12.0 Å². The molecule has 0 aliphatic heterocycles. The molecule has 14 heavy (non-hydrogen) atoms. The number of hydrogen-bond acceptors (Lipinski definition) is 3. The molecule has 0 bridgehead atoms. The first kappa shape index (κ1) is 12.9. The van der Waals surface area contributed by atoms with Crippen LogP contribution in [0.25, 0.3) is 0 Å². The summed E-state index contributed by atoms with van der Waals surface area (Å²) in [7, 11) is 0. The Kier molecular flexibility index (Phi) is 6.74. The highest BCUT2D eigenvalue weighted by Gasteiger charge is 2.09. The molecule has 0 radical (unpaired) electrons. The largest absolute Gasteiger partial charge is 0.480 e. The van der Waals surface area contributed by atoms with Crippen molar-refractivity contribution in [2.75, 3.05) is 6.54 Å². The van der Waals surface area contributed by atoms with E-state index >= 15 is 0 Å². The van der Waals surface area contributed by atoms with Crippen molar-refractivity contribution in [3.63, 3.8) is 0 Å². The Morgan fingerprint density at radius 3 is 2.57 bits per heavy atom. The standard InChI is InChI=1S/C9H19N3O2/c1-7(10)12-6-4-2-3-5-8(11)9(13)14/h8H,2-6,11H2,1H3,(H2,10,12)(H,13,14)/t8-/m0/s1. The Balaban J connectivity index is 3.30. The smallest absolute Gasteiger partial charge is 0.320 e. The number of nitrogens with zero attached hydrogens (tertiary/aromatic N) is 1. The zero-order chi connectivity index (χ0) is 11.0. The highest BCUT2D eigenvalue weighted by molar-refractivity contribution is 5.77. The van der Waals surface area contributed by atoms with E-state index in [-0.39, 0.29) is 0 Å². The van der Waals surface area contributed by atoms with Crippen molar-refractivity contribution in [2.45, 2.75) is 38.6 Å². The van der Waals surface area contributed by atoms with Crippen molar-refractivity contribution in [3.8, 4) is 0 Å². The van der Waals surface area contributed by atoms with Gasteiger partial charge in [-0.15, -0.1) is 0 Å². The lowest BCUT2D eigenvalue weighted by atomic mass is 10.1. The zero-order valence-corrected chi connectivity index (χ0v) is 8.57. The third-order valence-electron chi connectivity index (χ3n) is 1.85. The van der Waals surface area contributed by atoms with E-state index in [0.29, 0.717) is 18.8 Å². The highest BCUT2D eigenvalue weighted by atomic mass is 16.4. The van der Waals surface area contributed by atoms with Gasteiger partial charge in [0.15, 0.2) is 0 Å². The van der Waals surface area contributed by atoms with Crippen LogP contribution in [0.5, 0.6) is 0 Å². The van der Waals surface area contributed by atoms with Crippen LogP contribution in [0.3, 0.4) is 0 Å².